The highest BCUT2D eigenvalue weighted by Gasteiger charge is 2.02. The molecule has 90 valence electrons. The van der Waals surface area contributed by atoms with E-state index in [0.29, 0.717) is 12.4 Å². The van der Waals surface area contributed by atoms with Crippen LogP contribution in [0.1, 0.15) is 19.4 Å². The number of hydrogen-bond acceptors (Lipinski definition) is 3. The molecule has 0 saturated heterocycles. The van der Waals surface area contributed by atoms with Gasteiger partial charge in [0, 0.05) is 0 Å². The van der Waals surface area contributed by atoms with Crippen LogP contribution in [0, 0.1) is 0 Å². The first kappa shape index (κ1) is 11.5. The fourth-order valence-corrected chi connectivity index (χ4v) is 1.64. The van der Waals surface area contributed by atoms with E-state index in [0.717, 1.165) is 11.3 Å². The quantitative estimate of drug-likeness (QED) is 0.878. The maximum atomic E-state index is 5.78. The zero-order valence-electron chi connectivity index (χ0n) is 10.1. The smallest absolute Gasteiger partial charge is 0.122 e. The minimum absolute atomic E-state index is 0.181. The minimum atomic E-state index is 0.181. The van der Waals surface area contributed by atoms with E-state index in [9.17, 15) is 0 Å². The molecule has 0 bridgehead atoms. The standard InChI is InChI=1S/C13H17N3O/c1-10(2)17-12-5-3-4-11(8-12)9-16-13(14)6-7-15-16/h3-8,10H,9,14H2,1-2H3. The summed E-state index contributed by atoms with van der Waals surface area (Å²) in [6.07, 6.45) is 1.88. The van der Waals surface area contributed by atoms with Crippen LogP contribution in [-0.4, -0.2) is 15.9 Å². The van der Waals surface area contributed by atoms with E-state index in [-0.39, 0.29) is 6.10 Å². The number of benzene rings is 1. The minimum Gasteiger partial charge on any atom is -0.491 e. The van der Waals surface area contributed by atoms with Gasteiger partial charge in [0.15, 0.2) is 0 Å². The van der Waals surface area contributed by atoms with E-state index < -0.39 is 0 Å². The SMILES string of the molecule is CC(C)Oc1cccc(Cn2nccc2N)c1. The van der Waals surface area contributed by atoms with Crippen LogP contribution in [-0.2, 0) is 6.54 Å². The molecule has 2 rings (SSSR count). The Hall–Kier alpha value is -1.97. The van der Waals surface area contributed by atoms with Crippen molar-refractivity contribution >= 4 is 5.82 Å². The molecular weight excluding hydrogens is 214 g/mol. The summed E-state index contributed by atoms with van der Waals surface area (Å²) in [5.74, 6) is 1.54. The highest BCUT2D eigenvalue weighted by atomic mass is 16.5. The first-order valence-corrected chi connectivity index (χ1v) is 5.68. The second kappa shape index (κ2) is 4.91. The molecule has 4 nitrogen and oxygen atoms in total. The van der Waals surface area contributed by atoms with Gasteiger partial charge < -0.3 is 10.5 Å². The lowest BCUT2D eigenvalue weighted by Gasteiger charge is -2.11. The maximum Gasteiger partial charge on any atom is 0.122 e. The van der Waals surface area contributed by atoms with Gasteiger partial charge in [0.05, 0.1) is 18.8 Å². The number of nitrogen functional groups attached to an aromatic ring is 1. The van der Waals surface area contributed by atoms with Crippen LogP contribution in [0.3, 0.4) is 0 Å². The molecule has 2 aromatic rings. The van der Waals surface area contributed by atoms with Gasteiger partial charge in [0.25, 0.3) is 0 Å². The van der Waals surface area contributed by atoms with Crippen molar-refractivity contribution in [3.63, 3.8) is 0 Å². The second-order valence-electron chi connectivity index (χ2n) is 4.23. The molecule has 2 N–H and O–H groups in total. The molecule has 0 aliphatic rings. The molecule has 1 aromatic carbocycles. The number of anilines is 1. The van der Waals surface area contributed by atoms with Gasteiger partial charge in [-0.25, -0.2) is 4.68 Å². The van der Waals surface area contributed by atoms with Crippen molar-refractivity contribution in [3.8, 4) is 5.75 Å². The number of rotatable bonds is 4. The Labute approximate surface area is 101 Å². The van der Waals surface area contributed by atoms with Gasteiger partial charge in [0.2, 0.25) is 0 Å². The maximum absolute atomic E-state index is 5.78. The number of ether oxygens (including phenoxy) is 1. The van der Waals surface area contributed by atoms with Gasteiger partial charge in [0.1, 0.15) is 11.6 Å². The third-order valence-electron chi connectivity index (χ3n) is 2.35. The van der Waals surface area contributed by atoms with Crippen molar-refractivity contribution in [2.45, 2.75) is 26.5 Å². The molecule has 0 fully saturated rings. The normalized spacial score (nSPS) is 10.8. The average Bonchev–Trinajstić information content (AvgIpc) is 2.64. The van der Waals surface area contributed by atoms with Crippen LogP contribution in [0.25, 0.3) is 0 Å². The van der Waals surface area contributed by atoms with E-state index in [1.165, 1.54) is 0 Å². The largest absolute Gasteiger partial charge is 0.491 e. The summed E-state index contributed by atoms with van der Waals surface area (Å²) in [6, 6.07) is 9.77. The monoisotopic (exact) mass is 231 g/mol. The van der Waals surface area contributed by atoms with Crippen LogP contribution >= 0.6 is 0 Å². The van der Waals surface area contributed by atoms with E-state index in [1.54, 1.807) is 16.9 Å². The lowest BCUT2D eigenvalue weighted by Crippen LogP contribution is -2.07. The van der Waals surface area contributed by atoms with E-state index in [2.05, 4.69) is 5.10 Å². The second-order valence-corrected chi connectivity index (χ2v) is 4.23. The summed E-state index contributed by atoms with van der Waals surface area (Å²) in [7, 11) is 0. The van der Waals surface area contributed by atoms with Gasteiger partial charge in [-0.15, -0.1) is 0 Å². The predicted octanol–water partition coefficient (Wildman–Crippen LogP) is 2.30. The summed E-state index contributed by atoms with van der Waals surface area (Å²) in [4.78, 5) is 0. The topological polar surface area (TPSA) is 53.1 Å². The van der Waals surface area contributed by atoms with Crippen molar-refractivity contribution in [2.75, 3.05) is 5.73 Å². The molecule has 0 aliphatic heterocycles. The molecule has 0 radical (unpaired) electrons. The number of aromatic nitrogens is 2. The van der Waals surface area contributed by atoms with Crippen LogP contribution < -0.4 is 10.5 Å². The number of hydrogen-bond donors (Lipinski definition) is 1. The predicted molar refractivity (Wildman–Crippen MR) is 67.9 cm³/mol. The van der Waals surface area contributed by atoms with Crippen molar-refractivity contribution in [3.05, 3.63) is 42.1 Å². The molecule has 0 unspecified atom stereocenters. The van der Waals surface area contributed by atoms with Crippen molar-refractivity contribution in [1.29, 1.82) is 0 Å². The van der Waals surface area contributed by atoms with Gasteiger partial charge in [-0.1, -0.05) is 12.1 Å². The molecule has 0 amide bonds. The number of nitrogens with two attached hydrogens (primary N) is 1. The molecule has 0 atom stereocenters. The molecule has 17 heavy (non-hydrogen) atoms. The third kappa shape index (κ3) is 3.00. The first-order chi connectivity index (χ1) is 8.15. The molecule has 0 saturated carbocycles. The fourth-order valence-electron chi connectivity index (χ4n) is 1.64. The van der Waals surface area contributed by atoms with Gasteiger partial charge in [-0.05, 0) is 37.6 Å². The lowest BCUT2D eigenvalue weighted by molar-refractivity contribution is 0.242. The van der Waals surface area contributed by atoms with Crippen LogP contribution in [0.15, 0.2) is 36.5 Å². The Morgan fingerprint density at radius 1 is 1.35 bits per heavy atom. The van der Waals surface area contributed by atoms with Crippen LogP contribution in [0.4, 0.5) is 5.82 Å². The molecule has 0 spiro atoms. The van der Waals surface area contributed by atoms with E-state index in [4.69, 9.17) is 10.5 Å². The molecule has 4 heteroatoms. The summed E-state index contributed by atoms with van der Waals surface area (Å²) in [5.41, 5.74) is 6.90. The van der Waals surface area contributed by atoms with Crippen LogP contribution in [0.5, 0.6) is 5.75 Å². The zero-order chi connectivity index (χ0) is 12.3. The zero-order valence-corrected chi connectivity index (χ0v) is 10.1. The molecule has 0 aliphatic carbocycles. The van der Waals surface area contributed by atoms with Gasteiger partial charge >= 0.3 is 0 Å². The van der Waals surface area contributed by atoms with Crippen molar-refractivity contribution in [2.24, 2.45) is 0 Å². The lowest BCUT2D eigenvalue weighted by atomic mass is 10.2. The average molecular weight is 231 g/mol. The molecular formula is C13H17N3O. The van der Waals surface area contributed by atoms with Crippen LogP contribution in [0.2, 0.25) is 0 Å². The highest BCUT2D eigenvalue weighted by Crippen LogP contribution is 2.16. The summed E-state index contributed by atoms with van der Waals surface area (Å²) in [5, 5.41) is 4.15. The van der Waals surface area contributed by atoms with Gasteiger partial charge in [-0.2, -0.15) is 5.10 Å². The summed E-state index contributed by atoms with van der Waals surface area (Å²) in [6.45, 7) is 4.68. The number of nitrogens with zero attached hydrogens (tertiary/aromatic N) is 2. The Morgan fingerprint density at radius 2 is 2.18 bits per heavy atom. The fraction of sp³-hybridized carbons (Fsp3) is 0.308. The first-order valence-electron chi connectivity index (χ1n) is 5.68. The summed E-state index contributed by atoms with van der Waals surface area (Å²) < 4.78 is 7.40. The Kier molecular flexibility index (Phi) is 3.32. The van der Waals surface area contributed by atoms with Gasteiger partial charge in [-0.3, -0.25) is 0 Å². The van der Waals surface area contributed by atoms with E-state index in [1.807, 2.05) is 38.1 Å². The van der Waals surface area contributed by atoms with Crippen molar-refractivity contribution in [1.82, 2.24) is 9.78 Å². The van der Waals surface area contributed by atoms with Crippen molar-refractivity contribution < 1.29 is 4.74 Å². The third-order valence-corrected chi connectivity index (χ3v) is 2.35. The Balaban J connectivity index is 2.14. The van der Waals surface area contributed by atoms with E-state index >= 15 is 0 Å². The molecule has 1 heterocycles. The molecule has 1 aromatic heterocycles. The summed E-state index contributed by atoms with van der Waals surface area (Å²) >= 11 is 0. The highest BCUT2D eigenvalue weighted by molar-refractivity contribution is 5.31. The Morgan fingerprint density at radius 3 is 2.82 bits per heavy atom. The Bertz CT molecular complexity index is 491.